The summed E-state index contributed by atoms with van der Waals surface area (Å²) in [6, 6.07) is 13.1. The molecule has 0 aliphatic heterocycles. The van der Waals surface area contributed by atoms with Gasteiger partial charge in [-0.2, -0.15) is 5.26 Å². The molecule has 0 aliphatic rings. The van der Waals surface area contributed by atoms with E-state index in [2.05, 4.69) is 5.32 Å². The van der Waals surface area contributed by atoms with Crippen LogP contribution in [-0.2, 0) is 4.79 Å². The van der Waals surface area contributed by atoms with Crippen molar-refractivity contribution >= 4 is 40.6 Å². The Balaban J connectivity index is 0.00000287. The number of nitrogens with one attached hydrogen (secondary N) is 1. The first-order valence-electron chi connectivity index (χ1n) is 12.6. The molecule has 3 N–H and O–H groups in total. The monoisotopic (exact) mass is 604 g/mol. The fourth-order valence-electron chi connectivity index (χ4n) is 3.36. The second-order valence-corrected chi connectivity index (χ2v) is 10.1. The average Bonchev–Trinajstić information content (AvgIpc) is 2.94. The van der Waals surface area contributed by atoms with Crippen molar-refractivity contribution < 1.29 is 33.7 Å². The van der Waals surface area contributed by atoms with Crippen LogP contribution in [0.25, 0.3) is 0 Å². The van der Waals surface area contributed by atoms with Gasteiger partial charge < -0.3 is 25.0 Å². The van der Waals surface area contributed by atoms with E-state index in [1.807, 2.05) is 19.9 Å². The van der Waals surface area contributed by atoms with Gasteiger partial charge in [0, 0.05) is 26.9 Å². The SMILES string of the molecule is CC.Cc1c(NC(=O)COc2ccc(Cl)cc2C(=O)c2cc(Cl)cc(C#N)c2)ccc(OCC(O)C(C)(C)O)c1F. The van der Waals surface area contributed by atoms with Crippen LogP contribution in [0, 0.1) is 24.1 Å². The molecule has 3 aromatic carbocycles. The Morgan fingerprint density at radius 2 is 1.71 bits per heavy atom. The number of hydrogen-bond acceptors (Lipinski definition) is 7. The highest BCUT2D eigenvalue weighted by atomic mass is 35.5. The standard InChI is InChI=1S/C28H25Cl2FN2O6.C2H6/c1-15-21(5-7-23(26(15)31)38-13-24(34)28(2,3)37)33-25(35)14-39-22-6-4-18(29)11-20(22)27(36)17-8-16(12-32)9-19(30)10-17;1-2/h4-11,24,34,37H,13-14H2,1-3H3,(H,33,35);1-2H3. The molecule has 0 aliphatic carbocycles. The number of ether oxygens (including phenoxy) is 2. The van der Waals surface area contributed by atoms with Crippen LogP contribution >= 0.6 is 23.2 Å². The number of aliphatic hydroxyl groups is 2. The number of benzene rings is 3. The molecule has 218 valence electrons. The summed E-state index contributed by atoms with van der Waals surface area (Å²) >= 11 is 12.1. The molecule has 0 radical (unpaired) electrons. The highest BCUT2D eigenvalue weighted by Gasteiger charge is 2.26. The summed E-state index contributed by atoms with van der Waals surface area (Å²) in [6.45, 7) is 7.37. The Kier molecular flexibility index (Phi) is 12.1. The van der Waals surface area contributed by atoms with Crippen LogP contribution in [0.5, 0.6) is 11.5 Å². The third kappa shape index (κ3) is 9.17. The van der Waals surface area contributed by atoms with E-state index in [1.165, 1.54) is 69.3 Å². The third-order valence-corrected chi connectivity index (χ3v) is 6.12. The number of hydrogen-bond donors (Lipinski definition) is 3. The van der Waals surface area contributed by atoms with E-state index < -0.39 is 35.8 Å². The smallest absolute Gasteiger partial charge is 0.262 e. The summed E-state index contributed by atoms with van der Waals surface area (Å²) in [5.74, 6) is -1.99. The first-order valence-corrected chi connectivity index (χ1v) is 13.4. The number of anilines is 1. The second kappa shape index (κ2) is 14.8. The van der Waals surface area contributed by atoms with E-state index >= 15 is 0 Å². The molecule has 8 nitrogen and oxygen atoms in total. The van der Waals surface area contributed by atoms with Gasteiger partial charge in [0.25, 0.3) is 5.91 Å². The van der Waals surface area contributed by atoms with Crippen molar-refractivity contribution in [1.82, 2.24) is 0 Å². The predicted octanol–water partition coefficient (Wildman–Crippen LogP) is 6.10. The fraction of sp³-hybridized carbons (Fsp3) is 0.300. The zero-order chi connectivity index (χ0) is 30.9. The molecule has 0 spiro atoms. The number of nitrogens with zero attached hydrogens (tertiary/aromatic N) is 1. The maximum Gasteiger partial charge on any atom is 0.262 e. The van der Waals surface area contributed by atoms with Crippen LogP contribution in [0.2, 0.25) is 10.0 Å². The number of nitriles is 1. The molecule has 0 aromatic heterocycles. The van der Waals surface area contributed by atoms with Crippen LogP contribution in [0.15, 0.2) is 48.5 Å². The topological polar surface area (TPSA) is 129 Å². The number of rotatable bonds is 10. The van der Waals surface area contributed by atoms with E-state index in [0.717, 1.165) is 0 Å². The summed E-state index contributed by atoms with van der Waals surface area (Å²) in [5, 5.41) is 31.8. The Morgan fingerprint density at radius 3 is 2.34 bits per heavy atom. The second-order valence-electron chi connectivity index (χ2n) is 9.18. The van der Waals surface area contributed by atoms with Crippen molar-refractivity contribution in [3.63, 3.8) is 0 Å². The van der Waals surface area contributed by atoms with Crippen molar-refractivity contribution in [2.45, 2.75) is 46.3 Å². The molecule has 0 saturated carbocycles. The van der Waals surface area contributed by atoms with Crippen molar-refractivity contribution in [3.8, 4) is 17.6 Å². The van der Waals surface area contributed by atoms with Crippen LogP contribution < -0.4 is 14.8 Å². The average molecular weight is 605 g/mol. The summed E-state index contributed by atoms with van der Waals surface area (Å²) in [6.07, 6.45) is -1.24. The molecule has 3 aromatic rings. The lowest BCUT2D eigenvalue weighted by Gasteiger charge is -2.24. The van der Waals surface area contributed by atoms with Gasteiger partial charge in [0.05, 0.1) is 22.8 Å². The van der Waals surface area contributed by atoms with Crippen LogP contribution in [0.4, 0.5) is 10.1 Å². The molecular weight excluding hydrogens is 574 g/mol. The highest BCUT2D eigenvalue weighted by molar-refractivity contribution is 6.32. The van der Waals surface area contributed by atoms with Crippen LogP contribution in [0.3, 0.4) is 0 Å². The molecule has 1 atom stereocenters. The predicted molar refractivity (Wildman–Crippen MR) is 155 cm³/mol. The minimum atomic E-state index is -1.43. The largest absolute Gasteiger partial charge is 0.488 e. The summed E-state index contributed by atoms with van der Waals surface area (Å²) in [5.41, 5.74) is -0.802. The number of carbonyl (C=O) groups is 2. The number of carbonyl (C=O) groups excluding carboxylic acids is 2. The maximum absolute atomic E-state index is 14.8. The maximum atomic E-state index is 14.8. The highest BCUT2D eigenvalue weighted by Crippen LogP contribution is 2.29. The Hall–Kier alpha value is -3.68. The van der Waals surface area contributed by atoms with Crippen molar-refractivity contribution in [1.29, 1.82) is 5.26 Å². The summed E-state index contributed by atoms with van der Waals surface area (Å²) in [4.78, 5) is 25.7. The summed E-state index contributed by atoms with van der Waals surface area (Å²) in [7, 11) is 0. The van der Waals surface area contributed by atoms with Gasteiger partial charge in [0.1, 0.15) is 18.5 Å². The van der Waals surface area contributed by atoms with Gasteiger partial charge in [0.15, 0.2) is 24.0 Å². The molecule has 3 rings (SSSR count). The Morgan fingerprint density at radius 1 is 1.05 bits per heavy atom. The van der Waals surface area contributed by atoms with E-state index in [0.29, 0.717) is 0 Å². The zero-order valence-electron chi connectivity index (χ0n) is 23.2. The Bertz CT molecular complexity index is 1450. The van der Waals surface area contributed by atoms with Crippen LogP contribution in [-0.4, -0.2) is 46.8 Å². The van der Waals surface area contributed by atoms with Gasteiger partial charge in [-0.05, 0) is 69.3 Å². The Labute approximate surface area is 248 Å². The number of ketones is 1. The normalized spacial score (nSPS) is 11.4. The van der Waals surface area contributed by atoms with Crippen molar-refractivity contribution in [2.24, 2.45) is 0 Å². The van der Waals surface area contributed by atoms with Gasteiger partial charge in [-0.3, -0.25) is 9.59 Å². The van der Waals surface area contributed by atoms with Gasteiger partial charge in [0.2, 0.25) is 0 Å². The van der Waals surface area contributed by atoms with E-state index in [1.54, 1.807) is 0 Å². The lowest BCUT2D eigenvalue weighted by molar-refractivity contribution is -0.118. The zero-order valence-corrected chi connectivity index (χ0v) is 24.7. The van der Waals surface area contributed by atoms with E-state index in [4.69, 9.17) is 32.7 Å². The molecule has 0 fully saturated rings. The third-order valence-electron chi connectivity index (χ3n) is 5.67. The van der Waals surface area contributed by atoms with Gasteiger partial charge >= 0.3 is 0 Å². The quantitative estimate of drug-likeness (QED) is 0.238. The molecule has 0 bridgehead atoms. The first kappa shape index (κ1) is 33.5. The molecule has 1 amide bonds. The molecule has 1 unspecified atom stereocenters. The van der Waals surface area contributed by atoms with Gasteiger partial charge in [-0.15, -0.1) is 0 Å². The number of amides is 1. The lowest BCUT2D eigenvalue weighted by Crippen LogP contribution is -2.40. The minimum absolute atomic E-state index is 0.0541. The van der Waals surface area contributed by atoms with E-state index in [-0.39, 0.29) is 56.1 Å². The molecular formula is C30H31Cl2FN2O6. The number of halogens is 3. The fourth-order valence-corrected chi connectivity index (χ4v) is 3.76. The minimum Gasteiger partial charge on any atom is -0.488 e. The molecule has 11 heteroatoms. The van der Waals surface area contributed by atoms with E-state index in [9.17, 15) is 29.5 Å². The summed E-state index contributed by atoms with van der Waals surface area (Å²) < 4.78 is 25.7. The first-order chi connectivity index (χ1) is 19.3. The number of aliphatic hydroxyl groups excluding tert-OH is 1. The molecule has 0 heterocycles. The molecule has 41 heavy (non-hydrogen) atoms. The van der Waals surface area contributed by atoms with Crippen molar-refractivity contribution in [2.75, 3.05) is 18.5 Å². The van der Waals surface area contributed by atoms with Crippen LogP contribution in [0.1, 0.15) is 54.7 Å². The van der Waals surface area contributed by atoms with Gasteiger partial charge in [-0.25, -0.2) is 4.39 Å². The van der Waals surface area contributed by atoms with Crippen molar-refractivity contribution in [3.05, 3.63) is 86.6 Å². The van der Waals surface area contributed by atoms with Gasteiger partial charge in [-0.1, -0.05) is 37.0 Å². The molecule has 0 saturated heterocycles. The lowest BCUT2D eigenvalue weighted by atomic mass is 10.0.